The maximum Gasteiger partial charge on any atom is 0.271 e. The number of benzene rings is 1. The van der Waals surface area contributed by atoms with E-state index in [0.29, 0.717) is 12.2 Å². The smallest absolute Gasteiger partial charge is 0.271 e. The van der Waals surface area contributed by atoms with Gasteiger partial charge in [0.25, 0.3) is 10.0 Å². The van der Waals surface area contributed by atoms with E-state index >= 15 is 0 Å². The first-order valence-corrected chi connectivity index (χ1v) is 10.5. The van der Waals surface area contributed by atoms with Crippen LogP contribution >= 0.6 is 23.7 Å². The summed E-state index contributed by atoms with van der Waals surface area (Å²) in [5, 5.41) is 7.78. The van der Waals surface area contributed by atoms with E-state index in [0.717, 1.165) is 36.4 Å². The van der Waals surface area contributed by atoms with Crippen LogP contribution in [0, 0.1) is 0 Å². The van der Waals surface area contributed by atoms with Gasteiger partial charge < -0.3 is 10.6 Å². The molecule has 0 aliphatic heterocycles. The lowest BCUT2D eigenvalue weighted by atomic mass is 10.1. The van der Waals surface area contributed by atoms with Crippen LogP contribution in [-0.2, 0) is 21.2 Å². The minimum Gasteiger partial charge on any atom is -0.355 e. The fourth-order valence-corrected chi connectivity index (χ4v) is 4.20. The van der Waals surface area contributed by atoms with Crippen molar-refractivity contribution in [2.45, 2.75) is 24.0 Å². The molecule has 2 aromatic rings. The predicted octanol–water partition coefficient (Wildman–Crippen LogP) is 2.63. The topological polar surface area (TPSA) is 87.3 Å². The summed E-state index contributed by atoms with van der Waals surface area (Å²) in [4.78, 5) is 11.9. The summed E-state index contributed by atoms with van der Waals surface area (Å²) >= 11 is 1.16. The first kappa shape index (κ1) is 22.4. The molecule has 1 heterocycles. The van der Waals surface area contributed by atoms with Crippen molar-refractivity contribution >= 4 is 45.4 Å². The van der Waals surface area contributed by atoms with Crippen LogP contribution < -0.4 is 15.4 Å². The second kappa shape index (κ2) is 11.2. The zero-order valence-corrected chi connectivity index (χ0v) is 17.0. The highest BCUT2D eigenvalue weighted by Crippen LogP contribution is 2.20. The molecule has 1 amide bonds. The Hall–Kier alpha value is -1.61. The lowest BCUT2D eigenvalue weighted by molar-refractivity contribution is -0.120. The van der Waals surface area contributed by atoms with E-state index in [2.05, 4.69) is 22.3 Å². The van der Waals surface area contributed by atoms with Gasteiger partial charge in [-0.2, -0.15) is 0 Å². The maximum absolute atomic E-state index is 12.1. The van der Waals surface area contributed by atoms with Crippen LogP contribution in [0.5, 0.6) is 0 Å². The van der Waals surface area contributed by atoms with Gasteiger partial charge in [0.2, 0.25) is 5.91 Å². The summed E-state index contributed by atoms with van der Waals surface area (Å²) in [6, 6.07) is 10.1. The number of hydrogen-bond donors (Lipinski definition) is 3. The zero-order chi connectivity index (χ0) is 18.1. The molecule has 3 N–H and O–H groups in total. The highest BCUT2D eigenvalue weighted by atomic mass is 35.5. The lowest BCUT2D eigenvalue weighted by Crippen LogP contribution is -2.32. The van der Waals surface area contributed by atoms with E-state index in [1.807, 2.05) is 0 Å². The molecule has 144 valence electrons. The largest absolute Gasteiger partial charge is 0.355 e. The van der Waals surface area contributed by atoms with Gasteiger partial charge in [0.15, 0.2) is 0 Å². The van der Waals surface area contributed by atoms with E-state index in [4.69, 9.17) is 0 Å². The van der Waals surface area contributed by atoms with Crippen LogP contribution in [0.4, 0.5) is 5.69 Å². The third kappa shape index (κ3) is 7.33. The number of carbonyl (C=O) groups excluding carboxylic acids is 1. The van der Waals surface area contributed by atoms with Gasteiger partial charge in [0.1, 0.15) is 4.21 Å². The van der Waals surface area contributed by atoms with Gasteiger partial charge in [0.05, 0.1) is 6.42 Å². The van der Waals surface area contributed by atoms with Crippen molar-refractivity contribution in [3.63, 3.8) is 0 Å². The predicted molar refractivity (Wildman–Crippen MR) is 109 cm³/mol. The summed E-state index contributed by atoms with van der Waals surface area (Å²) in [7, 11) is -3.54. The molecule has 0 spiro atoms. The highest BCUT2D eigenvalue weighted by Gasteiger charge is 2.15. The third-order valence-electron chi connectivity index (χ3n) is 3.38. The third-order valence-corrected chi connectivity index (χ3v) is 6.16. The number of thiophene rings is 1. The minimum absolute atomic E-state index is 0. The van der Waals surface area contributed by atoms with E-state index in [1.165, 1.54) is 0 Å². The molecule has 0 atom stereocenters. The number of nitrogens with one attached hydrogen (secondary N) is 3. The second-order valence-electron chi connectivity index (χ2n) is 5.51. The van der Waals surface area contributed by atoms with Crippen LogP contribution in [0.15, 0.2) is 46.0 Å². The van der Waals surface area contributed by atoms with Gasteiger partial charge >= 0.3 is 0 Å². The molecule has 0 radical (unpaired) electrons. The normalized spacial score (nSPS) is 10.8. The van der Waals surface area contributed by atoms with Gasteiger partial charge in [0, 0.05) is 18.8 Å². The molecule has 0 saturated heterocycles. The quantitative estimate of drug-likeness (QED) is 0.518. The van der Waals surface area contributed by atoms with Gasteiger partial charge in [-0.15, -0.1) is 23.7 Å². The number of carbonyl (C=O) groups is 1. The fraction of sp³-hybridized carbons (Fsp3) is 0.353. The molecular weight excluding hydrogens is 394 g/mol. The molecular formula is C17H24ClN3O3S2. The Bertz CT molecular complexity index is 763. The molecule has 1 aromatic carbocycles. The number of sulfonamides is 1. The van der Waals surface area contributed by atoms with Crippen molar-refractivity contribution in [1.29, 1.82) is 0 Å². The van der Waals surface area contributed by atoms with Crippen LogP contribution in [0.25, 0.3) is 0 Å². The Labute approximate surface area is 164 Å². The standard InChI is InChI=1S/C17H23N3O3S2.ClH/c1-2-9-18-10-11-19-16(21)13-14-5-7-15(8-6-14)20-25(22,23)17-4-3-12-24-17;/h3-8,12,18,20H,2,9-11,13H2,1H3,(H,19,21);1H. The molecule has 1 aromatic heterocycles. The highest BCUT2D eigenvalue weighted by molar-refractivity contribution is 7.94. The van der Waals surface area contributed by atoms with E-state index < -0.39 is 10.0 Å². The Morgan fingerprint density at radius 3 is 2.42 bits per heavy atom. The van der Waals surface area contributed by atoms with Gasteiger partial charge in [-0.25, -0.2) is 8.42 Å². The lowest BCUT2D eigenvalue weighted by Gasteiger charge is -2.08. The van der Waals surface area contributed by atoms with Gasteiger partial charge in [-0.3, -0.25) is 9.52 Å². The number of halogens is 1. The number of rotatable bonds is 10. The van der Waals surface area contributed by atoms with Crippen LogP contribution in [0.2, 0.25) is 0 Å². The average molecular weight is 418 g/mol. The molecule has 2 rings (SSSR count). The number of anilines is 1. The van der Waals surface area contributed by atoms with E-state index in [1.54, 1.807) is 41.8 Å². The van der Waals surface area contributed by atoms with Crippen LogP contribution in [0.1, 0.15) is 18.9 Å². The van der Waals surface area contributed by atoms with Crippen molar-refractivity contribution in [2.24, 2.45) is 0 Å². The molecule has 9 heteroatoms. The van der Waals surface area contributed by atoms with Crippen LogP contribution in [-0.4, -0.2) is 34.0 Å². The number of amides is 1. The molecule has 0 unspecified atom stereocenters. The summed E-state index contributed by atoms with van der Waals surface area (Å²) in [6.07, 6.45) is 1.34. The Kier molecular flexibility index (Phi) is 9.64. The average Bonchev–Trinajstić information content (AvgIpc) is 3.12. The summed E-state index contributed by atoms with van der Waals surface area (Å²) in [5.41, 5.74) is 1.31. The first-order valence-electron chi connectivity index (χ1n) is 8.14. The molecule has 0 bridgehead atoms. The maximum atomic E-state index is 12.1. The summed E-state index contributed by atoms with van der Waals surface area (Å²) < 4.78 is 27.1. The van der Waals surface area contributed by atoms with Gasteiger partial charge in [-0.05, 0) is 42.1 Å². The molecule has 26 heavy (non-hydrogen) atoms. The summed E-state index contributed by atoms with van der Waals surface area (Å²) in [6.45, 7) is 4.38. The zero-order valence-electron chi connectivity index (χ0n) is 14.5. The monoisotopic (exact) mass is 417 g/mol. The molecule has 0 aliphatic carbocycles. The van der Waals surface area contributed by atoms with Crippen molar-refractivity contribution in [3.8, 4) is 0 Å². The van der Waals surface area contributed by atoms with Gasteiger partial charge in [-0.1, -0.05) is 25.1 Å². The Morgan fingerprint density at radius 2 is 1.81 bits per heavy atom. The van der Waals surface area contributed by atoms with E-state index in [9.17, 15) is 13.2 Å². The molecule has 0 fully saturated rings. The first-order chi connectivity index (χ1) is 12.0. The fourth-order valence-electron chi connectivity index (χ4n) is 2.15. The minimum atomic E-state index is -3.54. The number of hydrogen-bond acceptors (Lipinski definition) is 5. The van der Waals surface area contributed by atoms with Crippen LogP contribution in [0.3, 0.4) is 0 Å². The van der Waals surface area contributed by atoms with Crippen molar-refractivity contribution in [3.05, 3.63) is 47.3 Å². The molecule has 0 aliphatic rings. The molecule has 6 nitrogen and oxygen atoms in total. The Balaban J connectivity index is 0.00000338. The van der Waals surface area contributed by atoms with Crippen molar-refractivity contribution in [1.82, 2.24) is 10.6 Å². The van der Waals surface area contributed by atoms with Crippen molar-refractivity contribution < 1.29 is 13.2 Å². The summed E-state index contributed by atoms with van der Waals surface area (Å²) in [5.74, 6) is -0.0507. The molecule has 0 saturated carbocycles. The van der Waals surface area contributed by atoms with Crippen molar-refractivity contribution in [2.75, 3.05) is 24.4 Å². The van der Waals surface area contributed by atoms with E-state index in [-0.39, 0.29) is 28.9 Å². The SMILES string of the molecule is CCCNCCNC(=O)Cc1ccc(NS(=O)(=O)c2cccs2)cc1.Cl. The second-order valence-corrected chi connectivity index (χ2v) is 8.37. The Morgan fingerprint density at radius 1 is 1.08 bits per heavy atom.